The van der Waals surface area contributed by atoms with Crippen molar-refractivity contribution in [2.24, 2.45) is 0 Å². The second kappa shape index (κ2) is 10.3. The molecule has 2 aliphatic heterocycles. The topological polar surface area (TPSA) is 71.3 Å². The van der Waals surface area contributed by atoms with E-state index in [1.807, 2.05) is 76.4 Å². The maximum Gasteiger partial charge on any atom is 0.275 e. The van der Waals surface area contributed by atoms with Crippen LogP contribution in [0.5, 0.6) is 0 Å². The molecule has 0 bridgehead atoms. The van der Waals surface area contributed by atoms with Crippen molar-refractivity contribution >= 4 is 22.6 Å². The quantitative estimate of drug-likeness (QED) is 0.370. The molecule has 7 nitrogen and oxygen atoms in total. The molecule has 37 heavy (non-hydrogen) atoms. The number of aryl methyl sites for hydroxylation is 1. The van der Waals surface area contributed by atoms with E-state index in [1.54, 1.807) is 6.20 Å². The Morgan fingerprint density at radius 2 is 1.68 bits per heavy atom. The number of rotatable bonds is 8. The van der Waals surface area contributed by atoms with Gasteiger partial charge >= 0.3 is 0 Å². The summed E-state index contributed by atoms with van der Waals surface area (Å²) in [6.45, 7) is 3.86. The van der Waals surface area contributed by atoms with E-state index in [1.165, 1.54) is 12.8 Å². The number of para-hydroxylation sites is 1. The fraction of sp³-hybridized carbons (Fsp3) is 0.333. The van der Waals surface area contributed by atoms with Crippen molar-refractivity contribution in [3.8, 4) is 5.69 Å². The van der Waals surface area contributed by atoms with Gasteiger partial charge in [0, 0.05) is 49.8 Å². The van der Waals surface area contributed by atoms with E-state index in [0.29, 0.717) is 31.0 Å². The molecule has 4 heterocycles. The van der Waals surface area contributed by atoms with Crippen LogP contribution in [0.25, 0.3) is 16.6 Å². The van der Waals surface area contributed by atoms with E-state index >= 15 is 0 Å². The molecule has 2 saturated heterocycles. The summed E-state index contributed by atoms with van der Waals surface area (Å²) in [5.41, 5.74) is 4.33. The van der Waals surface area contributed by atoms with E-state index in [-0.39, 0.29) is 11.7 Å². The van der Waals surface area contributed by atoms with Gasteiger partial charge in [-0.1, -0.05) is 36.4 Å². The lowest BCUT2D eigenvalue weighted by Gasteiger charge is -2.43. The second-order valence-corrected chi connectivity index (χ2v) is 10.1. The Morgan fingerprint density at radius 3 is 2.43 bits per heavy atom. The molecule has 6 rings (SSSR count). The summed E-state index contributed by atoms with van der Waals surface area (Å²) in [7, 11) is 0. The summed E-state index contributed by atoms with van der Waals surface area (Å²) in [5.74, 6) is 0.206. The molecule has 0 atom stereocenters. The Hall–Kier alpha value is -3.84. The van der Waals surface area contributed by atoms with E-state index in [0.717, 1.165) is 53.9 Å². The van der Waals surface area contributed by atoms with Crippen molar-refractivity contribution in [1.29, 1.82) is 0 Å². The molecular weight excluding hydrogens is 462 g/mol. The monoisotopic (exact) mass is 493 g/mol. The first-order valence-corrected chi connectivity index (χ1v) is 13.2. The summed E-state index contributed by atoms with van der Waals surface area (Å²) in [6.07, 6.45) is 7.68. The van der Waals surface area contributed by atoms with Gasteiger partial charge in [-0.25, -0.2) is 4.68 Å². The third-order valence-corrected chi connectivity index (χ3v) is 7.59. The average molecular weight is 494 g/mol. The van der Waals surface area contributed by atoms with Gasteiger partial charge in [0.15, 0.2) is 5.69 Å². The third-order valence-electron chi connectivity index (χ3n) is 7.59. The summed E-state index contributed by atoms with van der Waals surface area (Å²) < 4.78 is 1.84. The van der Waals surface area contributed by atoms with Crippen LogP contribution in [0.15, 0.2) is 73.1 Å². The average Bonchev–Trinajstić information content (AvgIpc) is 3.56. The van der Waals surface area contributed by atoms with Gasteiger partial charge in [0.2, 0.25) is 0 Å². The molecule has 0 spiro atoms. The van der Waals surface area contributed by atoms with Crippen LogP contribution in [0.4, 0.5) is 0 Å². The molecule has 188 valence electrons. The zero-order valence-corrected chi connectivity index (χ0v) is 20.9. The van der Waals surface area contributed by atoms with E-state index in [9.17, 15) is 9.59 Å². The maximum atomic E-state index is 13.4. The van der Waals surface area contributed by atoms with Crippen molar-refractivity contribution in [3.05, 3.63) is 89.9 Å². The van der Waals surface area contributed by atoms with Crippen LogP contribution in [0.1, 0.15) is 40.9 Å². The number of likely N-dealkylation sites (tertiary alicyclic amines) is 2. The Morgan fingerprint density at radius 1 is 0.892 bits per heavy atom. The maximum absolute atomic E-state index is 13.4. The van der Waals surface area contributed by atoms with Gasteiger partial charge in [0.05, 0.1) is 11.2 Å². The standard InChI is InChI=1S/C30H31N5O2/c36-26(14-11-23-6-5-15-31-19-23)18-22-9-12-24(13-10-22)35-28-8-2-1-7-27(28)29(32-35)30(37)34-20-25(21-34)33-16-3-4-17-33/h1-2,5-10,12-13,15,19,25H,3-4,11,14,16-18,20-21H2. The van der Waals surface area contributed by atoms with Crippen LogP contribution in [0.2, 0.25) is 0 Å². The molecule has 0 saturated carbocycles. The van der Waals surface area contributed by atoms with Crippen LogP contribution in [0.3, 0.4) is 0 Å². The summed E-state index contributed by atoms with van der Waals surface area (Å²) in [5, 5.41) is 5.64. The van der Waals surface area contributed by atoms with Crippen molar-refractivity contribution in [2.75, 3.05) is 26.2 Å². The number of benzene rings is 2. The Balaban J connectivity index is 1.15. The molecule has 0 unspecified atom stereocenters. The molecule has 2 aromatic heterocycles. The van der Waals surface area contributed by atoms with Gasteiger partial charge in [-0.15, -0.1) is 0 Å². The van der Waals surface area contributed by atoms with Crippen LogP contribution < -0.4 is 0 Å². The predicted octanol–water partition coefficient (Wildman–Crippen LogP) is 4.09. The summed E-state index contributed by atoms with van der Waals surface area (Å²) in [4.78, 5) is 34.4. The first-order chi connectivity index (χ1) is 18.2. The fourth-order valence-electron chi connectivity index (χ4n) is 5.43. The van der Waals surface area contributed by atoms with Gasteiger partial charge < -0.3 is 4.90 Å². The Labute approximate surface area is 216 Å². The van der Waals surface area contributed by atoms with Crippen molar-refractivity contribution in [2.45, 2.75) is 38.1 Å². The highest BCUT2D eigenvalue weighted by Crippen LogP contribution is 2.27. The number of aromatic nitrogens is 3. The van der Waals surface area contributed by atoms with Crippen LogP contribution >= 0.6 is 0 Å². The van der Waals surface area contributed by atoms with Crippen molar-refractivity contribution in [1.82, 2.24) is 24.6 Å². The largest absolute Gasteiger partial charge is 0.334 e. The summed E-state index contributed by atoms with van der Waals surface area (Å²) >= 11 is 0. The number of pyridine rings is 1. The van der Waals surface area contributed by atoms with Crippen LogP contribution in [0, 0.1) is 0 Å². The number of ketones is 1. The second-order valence-electron chi connectivity index (χ2n) is 10.1. The van der Waals surface area contributed by atoms with Crippen molar-refractivity contribution < 1.29 is 9.59 Å². The molecule has 0 aliphatic carbocycles. The first kappa shape index (κ1) is 23.6. The Bertz CT molecular complexity index is 1400. The van der Waals surface area contributed by atoms with Crippen LogP contribution in [-0.4, -0.2) is 68.5 Å². The molecule has 1 amide bonds. The highest BCUT2D eigenvalue weighted by Gasteiger charge is 2.37. The van der Waals surface area contributed by atoms with Crippen molar-refractivity contribution in [3.63, 3.8) is 0 Å². The smallest absolute Gasteiger partial charge is 0.275 e. The van der Waals surface area contributed by atoms with E-state index in [4.69, 9.17) is 5.10 Å². The molecule has 2 aromatic carbocycles. The SMILES string of the molecule is O=C(CCc1cccnc1)Cc1ccc(-n2nc(C(=O)N3CC(N4CCCC4)C3)c3ccccc32)cc1. The number of nitrogens with zero attached hydrogens (tertiary/aromatic N) is 5. The molecule has 2 fully saturated rings. The normalized spacial score (nSPS) is 16.3. The number of carbonyl (C=O) groups is 2. The van der Waals surface area contributed by atoms with Gasteiger partial charge in [0.1, 0.15) is 5.78 Å². The molecule has 0 N–H and O–H groups in total. The first-order valence-electron chi connectivity index (χ1n) is 13.2. The highest BCUT2D eigenvalue weighted by atomic mass is 16.2. The molecule has 7 heteroatoms. The number of fused-ring (bicyclic) bond motifs is 1. The zero-order chi connectivity index (χ0) is 25.2. The lowest BCUT2D eigenvalue weighted by molar-refractivity contribution is -0.118. The minimum Gasteiger partial charge on any atom is -0.334 e. The molecule has 0 radical (unpaired) electrons. The predicted molar refractivity (Wildman–Crippen MR) is 143 cm³/mol. The van der Waals surface area contributed by atoms with Gasteiger partial charge in [-0.2, -0.15) is 5.10 Å². The van der Waals surface area contributed by atoms with Gasteiger partial charge in [0.25, 0.3) is 5.91 Å². The molecule has 4 aromatic rings. The summed E-state index contributed by atoms with van der Waals surface area (Å²) in [6, 6.07) is 20.2. The minimum atomic E-state index is 0.00114. The molecular formula is C30H31N5O2. The van der Waals surface area contributed by atoms with Gasteiger partial charge in [-0.05, 0) is 67.7 Å². The number of Topliss-reactive ketones (excluding diaryl/α,β-unsaturated/α-hetero) is 1. The third kappa shape index (κ3) is 4.91. The number of carbonyl (C=O) groups excluding carboxylic acids is 2. The van der Waals surface area contributed by atoms with Gasteiger partial charge in [-0.3, -0.25) is 19.5 Å². The molecule has 2 aliphatic rings. The Kier molecular flexibility index (Phi) is 6.53. The van der Waals surface area contributed by atoms with E-state index < -0.39 is 0 Å². The number of hydrogen-bond donors (Lipinski definition) is 0. The fourth-order valence-corrected chi connectivity index (χ4v) is 5.43. The zero-order valence-electron chi connectivity index (χ0n) is 20.9. The van der Waals surface area contributed by atoms with E-state index in [2.05, 4.69) is 9.88 Å². The minimum absolute atomic E-state index is 0.00114. The number of hydrogen-bond acceptors (Lipinski definition) is 5. The number of amides is 1. The van der Waals surface area contributed by atoms with Crippen LogP contribution in [-0.2, 0) is 17.6 Å². The highest BCUT2D eigenvalue weighted by molar-refractivity contribution is 6.05. The lowest BCUT2D eigenvalue weighted by atomic mass is 10.0. The lowest BCUT2D eigenvalue weighted by Crippen LogP contribution is -2.60.